The van der Waals surface area contributed by atoms with Gasteiger partial charge in [0.15, 0.2) is 5.60 Å². The molecule has 1 aromatic carbocycles. The predicted octanol–water partition coefficient (Wildman–Crippen LogP) is 3.41. The Morgan fingerprint density at radius 2 is 1.82 bits per heavy atom. The summed E-state index contributed by atoms with van der Waals surface area (Å²) in [5.41, 5.74) is 0.192. The highest BCUT2D eigenvalue weighted by Gasteiger charge is 2.39. The summed E-state index contributed by atoms with van der Waals surface area (Å²) in [5.74, 6) is 1.13. The van der Waals surface area contributed by atoms with Crippen molar-refractivity contribution in [1.29, 1.82) is 0 Å². The number of benzene rings is 1. The molecule has 4 aliphatic rings. The van der Waals surface area contributed by atoms with Gasteiger partial charge in [0, 0.05) is 19.7 Å². The molecular weight excluding hydrogens is 420 g/mol. The zero-order valence-corrected chi connectivity index (χ0v) is 20.0. The van der Waals surface area contributed by atoms with Gasteiger partial charge in [0.05, 0.1) is 18.8 Å². The average molecular weight is 459 g/mol. The van der Waals surface area contributed by atoms with E-state index >= 15 is 0 Å². The van der Waals surface area contributed by atoms with E-state index < -0.39 is 5.60 Å². The van der Waals surface area contributed by atoms with E-state index in [9.17, 15) is 9.59 Å². The Hall–Kier alpha value is -2.12. The van der Waals surface area contributed by atoms with E-state index in [1.54, 1.807) is 0 Å². The molecule has 7 heteroatoms. The lowest BCUT2D eigenvalue weighted by Gasteiger charge is -2.38. The molecule has 1 aliphatic carbocycles. The van der Waals surface area contributed by atoms with Gasteiger partial charge in [-0.1, -0.05) is 18.2 Å². The molecule has 0 aromatic heterocycles. The first-order chi connectivity index (χ1) is 15.9. The second kappa shape index (κ2) is 10.9. The summed E-state index contributed by atoms with van der Waals surface area (Å²) >= 11 is 0. The summed E-state index contributed by atoms with van der Waals surface area (Å²) in [7, 11) is 0. The molecule has 7 nitrogen and oxygen atoms in total. The Balaban J connectivity index is 1.63. The summed E-state index contributed by atoms with van der Waals surface area (Å²) < 4.78 is 18.5. The van der Waals surface area contributed by atoms with Gasteiger partial charge >= 0.3 is 0 Å². The average Bonchev–Trinajstić information content (AvgIpc) is 2.81. The van der Waals surface area contributed by atoms with Crippen LogP contribution in [0.3, 0.4) is 0 Å². The van der Waals surface area contributed by atoms with Crippen LogP contribution in [0.4, 0.5) is 0 Å². The summed E-state index contributed by atoms with van der Waals surface area (Å²) in [6, 6.07) is 8.07. The van der Waals surface area contributed by atoms with E-state index in [0.29, 0.717) is 38.6 Å². The lowest BCUT2D eigenvalue weighted by Crippen LogP contribution is -2.54. The fourth-order valence-electron chi connectivity index (χ4n) is 5.21. The highest BCUT2D eigenvalue weighted by molar-refractivity contribution is 5.85. The molecule has 2 bridgehead atoms. The summed E-state index contributed by atoms with van der Waals surface area (Å²) in [5, 5.41) is 2.87. The van der Waals surface area contributed by atoms with Gasteiger partial charge in [0.1, 0.15) is 12.4 Å². The number of ether oxygens (including phenoxy) is 3. The molecule has 2 fully saturated rings. The number of carbonyl (C=O) groups is 2. The molecule has 2 amide bonds. The number of nitrogens with zero attached hydrogens (tertiary/aromatic N) is 1. The second-order valence-electron chi connectivity index (χ2n) is 10.0. The summed E-state index contributed by atoms with van der Waals surface area (Å²) in [4.78, 5) is 27.7. The molecule has 0 spiro atoms. The van der Waals surface area contributed by atoms with Crippen LogP contribution in [0.25, 0.3) is 0 Å². The van der Waals surface area contributed by atoms with Crippen molar-refractivity contribution in [2.24, 2.45) is 0 Å². The Kier molecular flexibility index (Phi) is 7.91. The van der Waals surface area contributed by atoms with Crippen molar-refractivity contribution in [3.8, 4) is 5.75 Å². The molecule has 1 atom stereocenters. The third-order valence-corrected chi connectivity index (χ3v) is 7.12. The van der Waals surface area contributed by atoms with Crippen LogP contribution in [0.5, 0.6) is 5.75 Å². The van der Waals surface area contributed by atoms with Crippen LogP contribution in [0, 0.1) is 0 Å². The molecule has 1 saturated heterocycles. The maximum atomic E-state index is 13.9. The van der Waals surface area contributed by atoms with Gasteiger partial charge < -0.3 is 24.4 Å². The van der Waals surface area contributed by atoms with Crippen LogP contribution in [0.1, 0.15) is 70.3 Å². The van der Waals surface area contributed by atoms with Crippen molar-refractivity contribution in [3.63, 3.8) is 0 Å². The van der Waals surface area contributed by atoms with Crippen molar-refractivity contribution in [3.05, 3.63) is 29.8 Å². The monoisotopic (exact) mass is 458 g/mol. The topological polar surface area (TPSA) is 77.1 Å². The maximum Gasteiger partial charge on any atom is 0.266 e. The molecule has 182 valence electrons. The number of fused-ring (bicyclic) bond motifs is 5. The van der Waals surface area contributed by atoms with Crippen LogP contribution >= 0.6 is 0 Å². The number of rotatable bonds is 0. The number of hydrogen-bond acceptors (Lipinski definition) is 5. The van der Waals surface area contributed by atoms with E-state index in [1.807, 2.05) is 30.9 Å². The molecule has 1 unspecified atom stereocenters. The third kappa shape index (κ3) is 6.07. The lowest BCUT2D eigenvalue weighted by atomic mass is 9.82. The Morgan fingerprint density at radius 1 is 1.03 bits per heavy atom. The van der Waals surface area contributed by atoms with Crippen LogP contribution in [-0.4, -0.2) is 67.4 Å². The smallest absolute Gasteiger partial charge is 0.266 e. The fourth-order valence-corrected chi connectivity index (χ4v) is 5.21. The van der Waals surface area contributed by atoms with E-state index in [-0.39, 0.29) is 30.6 Å². The lowest BCUT2D eigenvalue weighted by molar-refractivity contribution is -0.151. The van der Waals surface area contributed by atoms with Gasteiger partial charge in [-0.3, -0.25) is 9.59 Å². The first kappa shape index (κ1) is 24.0. The van der Waals surface area contributed by atoms with Crippen LogP contribution in [0.2, 0.25) is 0 Å². The van der Waals surface area contributed by atoms with E-state index in [0.717, 1.165) is 44.3 Å². The zero-order valence-electron chi connectivity index (χ0n) is 20.0. The molecule has 5 rings (SSSR count). The van der Waals surface area contributed by atoms with Crippen molar-refractivity contribution >= 4 is 11.8 Å². The van der Waals surface area contributed by atoms with Crippen LogP contribution in [0.15, 0.2) is 24.3 Å². The second-order valence-corrected chi connectivity index (χ2v) is 10.0. The highest BCUT2D eigenvalue weighted by Crippen LogP contribution is 2.40. The number of para-hydroxylation sites is 1. The van der Waals surface area contributed by atoms with Crippen LogP contribution < -0.4 is 10.1 Å². The number of amides is 2. The van der Waals surface area contributed by atoms with E-state index in [4.69, 9.17) is 14.2 Å². The number of nitrogens with one attached hydrogen (secondary N) is 1. The van der Waals surface area contributed by atoms with Gasteiger partial charge in [-0.05, 0) is 76.3 Å². The highest BCUT2D eigenvalue weighted by atomic mass is 16.5. The van der Waals surface area contributed by atoms with Gasteiger partial charge in [-0.15, -0.1) is 0 Å². The molecule has 1 aromatic rings. The quantitative estimate of drug-likeness (QED) is 0.645. The standard InChI is InChI=1S/C26H38N2O5/c1-26(2)25(30)28-15-6-5-14-27-24(29)18-31-16-13-20(28)17-32-21-11-9-19(10-12-21)22-7-3-4-8-23(22)33-26/h3-4,7-8,19-21H,5-6,9-18H2,1-2H3,(H,27,29). The Bertz CT molecular complexity index is 819. The SMILES string of the molecule is CC1(C)Oc2ccccc2C2CCC(CC2)OCC2CCOCC(=O)NCCCCN2C1=O. The van der Waals surface area contributed by atoms with E-state index in [1.165, 1.54) is 5.56 Å². The summed E-state index contributed by atoms with van der Waals surface area (Å²) in [6.07, 6.45) is 6.60. The van der Waals surface area contributed by atoms with Crippen molar-refractivity contribution < 1.29 is 23.8 Å². The largest absolute Gasteiger partial charge is 0.478 e. The molecule has 3 aliphatic heterocycles. The van der Waals surface area contributed by atoms with Gasteiger partial charge in [0.2, 0.25) is 5.91 Å². The van der Waals surface area contributed by atoms with Crippen molar-refractivity contribution in [2.45, 2.75) is 82.5 Å². The first-order valence-electron chi connectivity index (χ1n) is 12.5. The molecule has 0 radical (unpaired) electrons. The van der Waals surface area contributed by atoms with Crippen LogP contribution in [-0.2, 0) is 19.1 Å². The predicted molar refractivity (Wildman–Crippen MR) is 125 cm³/mol. The maximum absolute atomic E-state index is 13.9. The number of hydrogen-bond donors (Lipinski definition) is 1. The van der Waals surface area contributed by atoms with Crippen molar-refractivity contribution in [2.75, 3.05) is 32.9 Å². The van der Waals surface area contributed by atoms with Crippen molar-refractivity contribution in [1.82, 2.24) is 10.2 Å². The first-order valence-corrected chi connectivity index (χ1v) is 12.5. The summed E-state index contributed by atoms with van der Waals surface area (Å²) in [6.45, 7) is 5.87. The van der Waals surface area contributed by atoms with Gasteiger partial charge in [-0.2, -0.15) is 0 Å². The Labute approximate surface area is 197 Å². The Morgan fingerprint density at radius 3 is 2.64 bits per heavy atom. The minimum atomic E-state index is -1.01. The molecule has 33 heavy (non-hydrogen) atoms. The van der Waals surface area contributed by atoms with Gasteiger partial charge in [-0.25, -0.2) is 0 Å². The fraction of sp³-hybridized carbons (Fsp3) is 0.692. The molecular formula is C26H38N2O5. The number of carbonyl (C=O) groups excluding carboxylic acids is 2. The zero-order chi connectivity index (χ0) is 23.3. The third-order valence-electron chi connectivity index (χ3n) is 7.12. The molecule has 1 saturated carbocycles. The molecule has 3 heterocycles. The molecule has 1 N–H and O–H groups in total. The normalized spacial score (nSPS) is 29.5. The minimum absolute atomic E-state index is 0.0291. The minimum Gasteiger partial charge on any atom is -0.478 e. The van der Waals surface area contributed by atoms with Gasteiger partial charge in [0.25, 0.3) is 5.91 Å². The van der Waals surface area contributed by atoms with E-state index in [2.05, 4.69) is 17.4 Å².